The highest BCUT2D eigenvalue weighted by atomic mass is 32.1. The molecule has 5 heteroatoms. The van der Waals surface area contributed by atoms with Crippen molar-refractivity contribution < 1.29 is 9.53 Å². The maximum Gasteiger partial charge on any atom is 0.169 e. The third kappa shape index (κ3) is 1.94. The molecule has 1 aliphatic heterocycles. The van der Waals surface area contributed by atoms with Gasteiger partial charge in [-0.2, -0.15) is 0 Å². The van der Waals surface area contributed by atoms with Gasteiger partial charge in [-0.25, -0.2) is 0 Å². The number of Topliss-reactive ketones (excluding diaryl/α,β-unsaturated/α-hetero) is 1. The first kappa shape index (κ1) is 10.7. The average Bonchev–Trinajstić information content (AvgIpc) is 2.66. The van der Waals surface area contributed by atoms with E-state index in [-0.39, 0.29) is 11.7 Å². The summed E-state index contributed by atoms with van der Waals surface area (Å²) in [6, 6.07) is 0. The maximum absolute atomic E-state index is 11.9. The molecule has 0 amide bonds. The van der Waals surface area contributed by atoms with Gasteiger partial charge in [0.2, 0.25) is 0 Å². The van der Waals surface area contributed by atoms with E-state index in [1.165, 1.54) is 11.5 Å². The largest absolute Gasteiger partial charge is 0.367 e. The Labute approximate surface area is 92.8 Å². The van der Waals surface area contributed by atoms with Crippen molar-refractivity contribution in [3.63, 3.8) is 0 Å². The number of hydrogen-bond acceptors (Lipinski definition) is 5. The Balaban J connectivity index is 2.09. The van der Waals surface area contributed by atoms with E-state index in [2.05, 4.69) is 9.59 Å². The average molecular weight is 226 g/mol. The fourth-order valence-corrected chi connectivity index (χ4v) is 2.47. The fraction of sp³-hybridized carbons (Fsp3) is 0.700. The van der Waals surface area contributed by atoms with Crippen LogP contribution in [-0.2, 0) is 16.0 Å². The van der Waals surface area contributed by atoms with Crippen LogP contribution in [0.1, 0.15) is 24.4 Å². The van der Waals surface area contributed by atoms with Crippen LogP contribution in [0.4, 0.5) is 0 Å². The van der Waals surface area contributed by atoms with Gasteiger partial charge in [0.25, 0.3) is 0 Å². The highest BCUT2D eigenvalue weighted by molar-refractivity contribution is 7.05. The lowest BCUT2D eigenvalue weighted by atomic mass is 9.93. The molecule has 0 aliphatic carbocycles. The Morgan fingerprint density at radius 1 is 1.60 bits per heavy atom. The summed E-state index contributed by atoms with van der Waals surface area (Å²) in [5.74, 6) is 0.163. The second-order valence-electron chi connectivity index (χ2n) is 4.37. The molecule has 1 aromatic rings. The number of aromatic nitrogens is 2. The zero-order chi connectivity index (χ0) is 11.1. The van der Waals surface area contributed by atoms with Crippen molar-refractivity contribution in [2.75, 3.05) is 6.61 Å². The Hall–Kier alpha value is -0.810. The highest BCUT2D eigenvalue weighted by Crippen LogP contribution is 2.29. The molecule has 4 nitrogen and oxygen atoms in total. The minimum Gasteiger partial charge on any atom is -0.367 e. The lowest BCUT2D eigenvalue weighted by Gasteiger charge is -2.14. The topological polar surface area (TPSA) is 52.1 Å². The van der Waals surface area contributed by atoms with Gasteiger partial charge in [-0.1, -0.05) is 4.49 Å². The van der Waals surface area contributed by atoms with Crippen molar-refractivity contribution in [1.82, 2.24) is 9.59 Å². The van der Waals surface area contributed by atoms with Crippen LogP contribution >= 0.6 is 11.5 Å². The van der Waals surface area contributed by atoms with Gasteiger partial charge < -0.3 is 4.74 Å². The molecule has 0 radical (unpaired) electrons. The molecule has 1 unspecified atom stereocenters. The first-order valence-electron chi connectivity index (χ1n) is 4.97. The van der Waals surface area contributed by atoms with Crippen LogP contribution in [0.25, 0.3) is 0 Å². The Kier molecular flexibility index (Phi) is 2.60. The van der Waals surface area contributed by atoms with Gasteiger partial charge in [-0.05, 0) is 38.7 Å². The molecule has 0 spiro atoms. The van der Waals surface area contributed by atoms with E-state index in [4.69, 9.17) is 4.74 Å². The summed E-state index contributed by atoms with van der Waals surface area (Å²) in [5.41, 5.74) is 0.314. The van der Waals surface area contributed by atoms with Crippen molar-refractivity contribution >= 4 is 17.3 Å². The Morgan fingerprint density at radius 3 is 2.80 bits per heavy atom. The van der Waals surface area contributed by atoms with E-state index >= 15 is 0 Å². The quantitative estimate of drug-likeness (QED) is 0.764. The number of ether oxygens (including phenoxy) is 1. The zero-order valence-electron chi connectivity index (χ0n) is 9.11. The van der Waals surface area contributed by atoms with Gasteiger partial charge in [-0.3, -0.25) is 4.79 Å². The molecule has 0 aromatic carbocycles. The molecule has 2 rings (SSSR count). The predicted octanol–water partition coefficient (Wildman–Crippen LogP) is 1.38. The van der Waals surface area contributed by atoms with Gasteiger partial charge in [-0.15, -0.1) is 5.10 Å². The molecule has 1 atom stereocenters. The smallest absolute Gasteiger partial charge is 0.169 e. The van der Waals surface area contributed by atoms with Crippen LogP contribution in [0.5, 0.6) is 0 Å². The summed E-state index contributed by atoms with van der Waals surface area (Å²) in [6.07, 6.45) is 0.714. The molecule has 1 aromatic heterocycles. The number of carbonyl (C=O) groups excluding carboxylic acids is 1. The summed E-state index contributed by atoms with van der Waals surface area (Å²) in [7, 11) is 0. The van der Waals surface area contributed by atoms with Crippen LogP contribution in [0.2, 0.25) is 0 Å². The zero-order valence-corrected chi connectivity index (χ0v) is 9.93. The second-order valence-corrected chi connectivity index (χ2v) is 5.21. The molecule has 0 N–H and O–H groups in total. The van der Waals surface area contributed by atoms with Gasteiger partial charge in [0.05, 0.1) is 12.3 Å². The van der Waals surface area contributed by atoms with Gasteiger partial charge in [0, 0.05) is 10.8 Å². The standard InChI is InChI=1S/C10H14N2O2S/c1-6-8(15-12-11-6)4-7-5-14-10(2,3)9(7)13/h7H,4-5H2,1-3H3. The molecule has 15 heavy (non-hydrogen) atoms. The van der Waals surface area contributed by atoms with Gasteiger partial charge >= 0.3 is 0 Å². The molecule has 0 saturated carbocycles. The van der Waals surface area contributed by atoms with E-state index < -0.39 is 5.60 Å². The number of carbonyl (C=O) groups is 1. The highest BCUT2D eigenvalue weighted by Gasteiger charge is 2.41. The summed E-state index contributed by atoms with van der Waals surface area (Å²) >= 11 is 1.37. The monoisotopic (exact) mass is 226 g/mol. The van der Waals surface area contributed by atoms with Crippen LogP contribution < -0.4 is 0 Å². The summed E-state index contributed by atoms with van der Waals surface area (Å²) in [5, 5.41) is 3.94. The first-order chi connectivity index (χ1) is 7.00. The lowest BCUT2D eigenvalue weighted by Crippen LogP contribution is -2.30. The molecular formula is C10H14N2O2S. The molecule has 2 heterocycles. The van der Waals surface area contributed by atoms with Crippen molar-refractivity contribution in [3.05, 3.63) is 10.6 Å². The first-order valence-corrected chi connectivity index (χ1v) is 5.74. The minimum absolute atomic E-state index is 0.0269. The number of nitrogens with zero attached hydrogens (tertiary/aromatic N) is 2. The van der Waals surface area contributed by atoms with Crippen molar-refractivity contribution in [2.45, 2.75) is 32.8 Å². The second kappa shape index (κ2) is 3.64. The fourth-order valence-electron chi connectivity index (χ4n) is 1.76. The van der Waals surface area contributed by atoms with E-state index in [0.717, 1.165) is 10.6 Å². The van der Waals surface area contributed by atoms with Crippen LogP contribution in [-0.4, -0.2) is 27.6 Å². The molecule has 1 fully saturated rings. The van der Waals surface area contributed by atoms with E-state index in [9.17, 15) is 4.79 Å². The Morgan fingerprint density at radius 2 is 2.33 bits per heavy atom. The summed E-state index contributed by atoms with van der Waals surface area (Å²) < 4.78 is 9.33. The van der Waals surface area contributed by atoms with Gasteiger partial charge in [0.1, 0.15) is 5.60 Å². The van der Waals surface area contributed by atoms with Crippen molar-refractivity contribution in [1.29, 1.82) is 0 Å². The van der Waals surface area contributed by atoms with Crippen LogP contribution in [0, 0.1) is 12.8 Å². The van der Waals surface area contributed by atoms with Gasteiger partial charge in [0.15, 0.2) is 5.78 Å². The summed E-state index contributed by atoms with van der Waals surface area (Å²) in [6.45, 7) is 6.09. The molecular weight excluding hydrogens is 212 g/mol. The third-order valence-corrected chi connectivity index (χ3v) is 3.63. The number of aryl methyl sites for hydroxylation is 1. The molecule has 1 aliphatic rings. The lowest BCUT2D eigenvalue weighted by molar-refractivity contribution is -0.130. The van der Waals surface area contributed by atoms with Crippen molar-refractivity contribution in [3.8, 4) is 0 Å². The van der Waals surface area contributed by atoms with Crippen LogP contribution in [0.15, 0.2) is 0 Å². The number of ketones is 1. The predicted molar refractivity (Wildman–Crippen MR) is 56.9 cm³/mol. The normalized spacial score (nSPS) is 24.7. The van der Waals surface area contributed by atoms with E-state index in [1.807, 2.05) is 20.8 Å². The third-order valence-electron chi connectivity index (χ3n) is 2.79. The summed E-state index contributed by atoms with van der Waals surface area (Å²) in [4.78, 5) is 13.0. The van der Waals surface area contributed by atoms with E-state index in [0.29, 0.717) is 13.0 Å². The Bertz CT molecular complexity index is 387. The van der Waals surface area contributed by atoms with Crippen molar-refractivity contribution in [2.24, 2.45) is 5.92 Å². The molecule has 0 bridgehead atoms. The van der Waals surface area contributed by atoms with Crippen LogP contribution in [0.3, 0.4) is 0 Å². The molecule has 1 saturated heterocycles. The number of rotatable bonds is 2. The molecule has 82 valence electrons. The SMILES string of the molecule is Cc1nnsc1CC1COC(C)(C)C1=O. The maximum atomic E-state index is 11.9. The number of hydrogen-bond donors (Lipinski definition) is 0. The minimum atomic E-state index is -0.614. The van der Waals surface area contributed by atoms with E-state index in [1.54, 1.807) is 0 Å².